The molecule has 0 atom stereocenters. The van der Waals surface area contributed by atoms with E-state index in [4.69, 9.17) is 14.6 Å². The van der Waals surface area contributed by atoms with Crippen LogP contribution in [0.5, 0.6) is 5.75 Å². The van der Waals surface area contributed by atoms with Crippen LogP contribution in [0.3, 0.4) is 0 Å². The fourth-order valence-corrected chi connectivity index (χ4v) is 4.91. The maximum Gasteiger partial charge on any atom is 0.339 e. The first kappa shape index (κ1) is 20.0. The van der Waals surface area contributed by atoms with Gasteiger partial charge in [0.15, 0.2) is 0 Å². The molecule has 9 heteroatoms. The summed E-state index contributed by atoms with van der Waals surface area (Å²) in [4.78, 5) is 34.5. The van der Waals surface area contributed by atoms with E-state index in [1.807, 2.05) is 4.90 Å². The topological polar surface area (TPSA) is 105 Å². The standard InChI is InChI=1S/C22H24FN3O5/c23-16-12-13(30-10-9-27)11-15-18(16)22(31-20(15)29)5-7-26(8-6-22)21-24-17-4-2-1-3-14(17)19(28)25-21/h11-12,27H,1-10H2,(H,24,25,28). The summed E-state index contributed by atoms with van der Waals surface area (Å²) in [5.41, 5.74) is 0.964. The Balaban J connectivity index is 1.39. The molecule has 2 aliphatic heterocycles. The van der Waals surface area contributed by atoms with E-state index < -0.39 is 17.4 Å². The molecule has 1 fully saturated rings. The summed E-state index contributed by atoms with van der Waals surface area (Å²) in [7, 11) is 0. The van der Waals surface area contributed by atoms with E-state index in [9.17, 15) is 14.0 Å². The van der Waals surface area contributed by atoms with Crippen LogP contribution in [0.2, 0.25) is 0 Å². The van der Waals surface area contributed by atoms with Crippen molar-refractivity contribution in [2.24, 2.45) is 0 Å². The summed E-state index contributed by atoms with van der Waals surface area (Å²) >= 11 is 0. The SMILES string of the molecule is O=C1OC2(CCN(c3nc4c(c(=O)[nH]3)CCCC4)CC2)c2c(F)cc(OCCO)cc21. The number of hydrogen-bond acceptors (Lipinski definition) is 7. The van der Waals surface area contributed by atoms with Gasteiger partial charge in [-0.1, -0.05) is 0 Å². The number of halogens is 1. The number of nitrogens with one attached hydrogen (secondary N) is 1. The minimum atomic E-state index is -1.03. The monoisotopic (exact) mass is 429 g/mol. The quantitative estimate of drug-likeness (QED) is 0.715. The van der Waals surface area contributed by atoms with Crippen molar-refractivity contribution in [1.82, 2.24) is 9.97 Å². The van der Waals surface area contributed by atoms with Crippen molar-refractivity contribution in [3.05, 3.63) is 50.7 Å². The molecule has 2 aromatic rings. The van der Waals surface area contributed by atoms with E-state index in [2.05, 4.69) is 9.97 Å². The number of ether oxygens (including phenoxy) is 2. The number of carbonyl (C=O) groups is 1. The second-order valence-corrected chi connectivity index (χ2v) is 8.29. The average molecular weight is 429 g/mol. The predicted octanol–water partition coefficient (Wildman–Crippen LogP) is 1.82. The second-order valence-electron chi connectivity index (χ2n) is 8.29. The van der Waals surface area contributed by atoms with Crippen molar-refractivity contribution in [2.45, 2.75) is 44.1 Å². The van der Waals surface area contributed by atoms with Crippen LogP contribution < -0.4 is 15.2 Å². The molecule has 0 unspecified atom stereocenters. The van der Waals surface area contributed by atoms with Crippen molar-refractivity contribution in [2.75, 3.05) is 31.2 Å². The highest BCUT2D eigenvalue weighted by Crippen LogP contribution is 2.46. The van der Waals surface area contributed by atoms with Crippen LogP contribution in [0, 0.1) is 5.82 Å². The van der Waals surface area contributed by atoms with Crippen molar-refractivity contribution < 1.29 is 23.8 Å². The van der Waals surface area contributed by atoms with Crippen LogP contribution in [-0.2, 0) is 23.2 Å². The predicted molar refractivity (Wildman–Crippen MR) is 109 cm³/mol. The number of aromatic amines is 1. The molecular formula is C22H24FN3O5. The molecule has 1 aliphatic carbocycles. The van der Waals surface area contributed by atoms with E-state index in [-0.39, 0.29) is 35.6 Å². The van der Waals surface area contributed by atoms with E-state index in [1.54, 1.807) is 0 Å². The lowest BCUT2D eigenvalue weighted by atomic mass is 9.83. The molecule has 1 aromatic heterocycles. The lowest BCUT2D eigenvalue weighted by molar-refractivity contribution is -0.0225. The van der Waals surface area contributed by atoms with Gasteiger partial charge in [-0.15, -0.1) is 0 Å². The van der Waals surface area contributed by atoms with Crippen LogP contribution in [0.1, 0.15) is 52.9 Å². The normalized spacial score (nSPS) is 19.2. The third-order valence-electron chi connectivity index (χ3n) is 6.44. The lowest BCUT2D eigenvalue weighted by Crippen LogP contribution is -2.44. The third-order valence-corrected chi connectivity index (χ3v) is 6.44. The van der Waals surface area contributed by atoms with Gasteiger partial charge in [-0.3, -0.25) is 9.78 Å². The van der Waals surface area contributed by atoms with Crippen molar-refractivity contribution in [3.63, 3.8) is 0 Å². The van der Waals surface area contributed by atoms with Gasteiger partial charge in [0, 0.05) is 43.1 Å². The highest BCUT2D eigenvalue weighted by molar-refractivity contribution is 5.95. The minimum absolute atomic E-state index is 0.0133. The van der Waals surface area contributed by atoms with Gasteiger partial charge in [0.2, 0.25) is 5.95 Å². The summed E-state index contributed by atoms with van der Waals surface area (Å²) in [6, 6.07) is 2.70. The number of aromatic nitrogens is 2. The number of aliphatic hydroxyl groups is 1. The highest BCUT2D eigenvalue weighted by Gasteiger charge is 2.50. The lowest BCUT2D eigenvalue weighted by Gasteiger charge is -2.39. The zero-order valence-electron chi connectivity index (χ0n) is 17.1. The third kappa shape index (κ3) is 3.37. The summed E-state index contributed by atoms with van der Waals surface area (Å²) in [5, 5.41) is 8.90. The largest absolute Gasteiger partial charge is 0.491 e. The fourth-order valence-electron chi connectivity index (χ4n) is 4.91. The van der Waals surface area contributed by atoms with Crippen molar-refractivity contribution in [3.8, 4) is 5.75 Å². The molecule has 3 aliphatic rings. The number of benzene rings is 1. The zero-order chi connectivity index (χ0) is 21.6. The van der Waals surface area contributed by atoms with Crippen molar-refractivity contribution >= 4 is 11.9 Å². The van der Waals surface area contributed by atoms with Gasteiger partial charge < -0.3 is 19.5 Å². The first-order chi connectivity index (χ1) is 15.0. The van der Waals surface area contributed by atoms with Crippen LogP contribution in [0.25, 0.3) is 0 Å². The van der Waals surface area contributed by atoms with Crippen LogP contribution >= 0.6 is 0 Å². The maximum atomic E-state index is 15.0. The number of carbonyl (C=O) groups excluding carboxylic acids is 1. The van der Waals surface area contributed by atoms with Gasteiger partial charge in [-0.05, 0) is 31.7 Å². The highest BCUT2D eigenvalue weighted by atomic mass is 19.1. The van der Waals surface area contributed by atoms with Crippen LogP contribution in [-0.4, -0.2) is 47.3 Å². The molecule has 31 heavy (non-hydrogen) atoms. The van der Waals surface area contributed by atoms with Gasteiger partial charge in [-0.2, -0.15) is 0 Å². The number of hydrogen-bond donors (Lipinski definition) is 2. The molecule has 0 radical (unpaired) electrons. The number of esters is 1. The van der Waals surface area contributed by atoms with Gasteiger partial charge in [0.1, 0.15) is 23.8 Å². The number of anilines is 1. The summed E-state index contributed by atoms with van der Waals surface area (Å²) in [6.45, 7) is 0.744. The Morgan fingerprint density at radius 1 is 1.23 bits per heavy atom. The van der Waals surface area contributed by atoms with E-state index in [0.29, 0.717) is 31.9 Å². The Morgan fingerprint density at radius 2 is 2.00 bits per heavy atom. The number of aliphatic hydroxyl groups excluding tert-OH is 1. The zero-order valence-corrected chi connectivity index (χ0v) is 17.1. The smallest absolute Gasteiger partial charge is 0.339 e. The first-order valence-electron chi connectivity index (χ1n) is 10.7. The molecule has 2 N–H and O–H groups in total. The second kappa shape index (κ2) is 7.64. The average Bonchev–Trinajstić information content (AvgIpc) is 3.04. The number of fused-ring (bicyclic) bond motifs is 3. The number of nitrogens with zero attached hydrogens (tertiary/aromatic N) is 2. The van der Waals surface area contributed by atoms with E-state index in [0.717, 1.165) is 36.9 Å². The molecule has 0 saturated carbocycles. The van der Waals surface area contributed by atoms with E-state index in [1.165, 1.54) is 12.1 Å². The first-order valence-corrected chi connectivity index (χ1v) is 10.7. The Morgan fingerprint density at radius 3 is 2.77 bits per heavy atom. The molecule has 1 spiro atoms. The maximum absolute atomic E-state index is 15.0. The van der Waals surface area contributed by atoms with Crippen molar-refractivity contribution in [1.29, 1.82) is 0 Å². The fraction of sp³-hybridized carbons (Fsp3) is 0.500. The van der Waals surface area contributed by atoms with Gasteiger partial charge >= 0.3 is 5.97 Å². The minimum Gasteiger partial charge on any atom is -0.491 e. The molecule has 0 amide bonds. The molecule has 1 saturated heterocycles. The van der Waals surface area contributed by atoms with E-state index >= 15 is 0 Å². The summed E-state index contributed by atoms with van der Waals surface area (Å²) < 4.78 is 26.0. The Kier molecular flexibility index (Phi) is 4.92. The van der Waals surface area contributed by atoms with Gasteiger partial charge in [0.25, 0.3) is 5.56 Å². The number of rotatable bonds is 4. The Labute approximate surface area is 178 Å². The number of aryl methyl sites for hydroxylation is 1. The van der Waals surface area contributed by atoms with Crippen LogP contribution in [0.15, 0.2) is 16.9 Å². The Bertz CT molecular complexity index is 1090. The molecule has 164 valence electrons. The number of H-pyrrole nitrogens is 1. The summed E-state index contributed by atoms with van der Waals surface area (Å²) in [5.74, 6) is -0.409. The number of piperidine rings is 1. The molecule has 5 rings (SSSR count). The molecule has 0 bridgehead atoms. The molecule has 3 heterocycles. The summed E-state index contributed by atoms with van der Waals surface area (Å²) in [6.07, 6.45) is 4.38. The van der Waals surface area contributed by atoms with Gasteiger partial charge in [-0.25, -0.2) is 14.2 Å². The van der Waals surface area contributed by atoms with Crippen LogP contribution in [0.4, 0.5) is 10.3 Å². The molecule has 8 nitrogen and oxygen atoms in total. The molecule has 1 aromatic carbocycles. The molecular weight excluding hydrogens is 405 g/mol. The van der Waals surface area contributed by atoms with Gasteiger partial charge in [0.05, 0.1) is 17.9 Å². The Hall–Kier alpha value is -2.94.